The van der Waals surface area contributed by atoms with Gasteiger partial charge in [0.2, 0.25) is 5.88 Å². The van der Waals surface area contributed by atoms with Crippen LogP contribution in [0.25, 0.3) is 0 Å². The lowest BCUT2D eigenvalue weighted by molar-refractivity contribution is 0.145. The van der Waals surface area contributed by atoms with Gasteiger partial charge in [0.15, 0.2) is 0 Å². The van der Waals surface area contributed by atoms with Crippen LogP contribution in [-0.4, -0.2) is 30.6 Å². The zero-order chi connectivity index (χ0) is 19.2. The molecule has 0 bridgehead atoms. The lowest BCUT2D eigenvalue weighted by atomic mass is 10.0. The van der Waals surface area contributed by atoms with E-state index in [2.05, 4.69) is 29.9 Å². The summed E-state index contributed by atoms with van der Waals surface area (Å²) in [5.41, 5.74) is 4.13. The Bertz CT molecular complexity index is 893. The van der Waals surface area contributed by atoms with Gasteiger partial charge in [0, 0.05) is 24.6 Å². The molecule has 0 saturated heterocycles. The molecule has 1 unspecified atom stereocenters. The summed E-state index contributed by atoms with van der Waals surface area (Å²) >= 11 is 0. The Hall–Kier alpha value is -1.79. The number of aryl methyl sites for hydroxylation is 2. The summed E-state index contributed by atoms with van der Waals surface area (Å²) in [5.74, 6) is 1.11. The van der Waals surface area contributed by atoms with Crippen molar-refractivity contribution >= 4 is 11.0 Å². The van der Waals surface area contributed by atoms with E-state index >= 15 is 0 Å². The Balaban J connectivity index is 1.66. The molecule has 1 aliphatic carbocycles. The summed E-state index contributed by atoms with van der Waals surface area (Å²) in [5, 5.41) is 0. The number of hydrogen-bond donors (Lipinski definition) is 0. The molecule has 0 N–H and O–H groups in total. The first-order chi connectivity index (χ1) is 12.8. The lowest BCUT2D eigenvalue weighted by Gasteiger charge is -2.23. The van der Waals surface area contributed by atoms with Crippen molar-refractivity contribution < 1.29 is 8.95 Å². The molecule has 144 valence electrons. The van der Waals surface area contributed by atoms with Gasteiger partial charge in [-0.15, -0.1) is 0 Å². The standard InChI is InChI=1S/C21H27N3O2S/c1-14(2)7-17-9-18(16(4)22-11-17)12-24-13-21(5-6-21)26-20-19(27(24)25)8-15(3)10-23-20/h8-11,14H,5-7,12-13H2,1-4H3. The van der Waals surface area contributed by atoms with Crippen molar-refractivity contribution in [3.05, 3.63) is 46.9 Å². The quantitative estimate of drug-likeness (QED) is 0.804. The van der Waals surface area contributed by atoms with Crippen LogP contribution in [0.1, 0.15) is 49.1 Å². The Morgan fingerprint density at radius 2 is 2.00 bits per heavy atom. The summed E-state index contributed by atoms with van der Waals surface area (Å²) in [6.45, 7) is 9.68. The molecule has 2 aromatic rings. The van der Waals surface area contributed by atoms with Crippen LogP contribution in [0.3, 0.4) is 0 Å². The highest BCUT2D eigenvalue weighted by Gasteiger charge is 2.50. The second kappa shape index (κ2) is 6.99. The van der Waals surface area contributed by atoms with Crippen LogP contribution in [0.2, 0.25) is 0 Å². The van der Waals surface area contributed by atoms with Crippen LogP contribution in [0, 0.1) is 19.8 Å². The molecule has 27 heavy (non-hydrogen) atoms. The van der Waals surface area contributed by atoms with Gasteiger partial charge in [-0.1, -0.05) is 19.9 Å². The molecule has 1 atom stereocenters. The van der Waals surface area contributed by atoms with Crippen LogP contribution in [-0.2, 0) is 24.0 Å². The number of fused-ring (bicyclic) bond motifs is 1. The number of nitrogens with zero attached hydrogens (tertiary/aromatic N) is 3. The van der Waals surface area contributed by atoms with Crippen LogP contribution >= 0.6 is 0 Å². The fraction of sp³-hybridized carbons (Fsp3) is 0.524. The lowest BCUT2D eigenvalue weighted by Crippen LogP contribution is -2.35. The van der Waals surface area contributed by atoms with Gasteiger partial charge in [0.25, 0.3) is 0 Å². The maximum absolute atomic E-state index is 13.4. The first kappa shape index (κ1) is 18.6. The van der Waals surface area contributed by atoms with Crippen molar-refractivity contribution in [2.24, 2.45) is 5.92 Å². The number of hydrogen-bond acceptors (Lipinski definition) is 4. The SMILES string of the molecule is Cc1cnc2c(c1)S(=O)N(Cc1cc(CC(C)C)cnc1C)CC1(CC1)O2. The molecule has 0 amide bonds. The fourth-order valence-corrected chi connectivity index (χ4v) is 4.98. The fourth-order valence-electron chi connectivity index (χ4n) is 3.56. The maximum atomic E-state index is 13.4. The van der Waals surface area contributed by atoms with E-state index < -0.39 is 11.0 Å². The predicted octanol–water partition coefficient (Wildman–Crippen LogP) is 3.74. The Kier molecular flexibility index (Phi) is 4.80. The predicted molar refractivity (Wildman–Crippen MR) is 106 cm³/mol. The third kappa shape index (κ3) is 3.92. The molecule has 0 radical (unpaired) electrons. The van der Waals surface area contributed by atoms with Gasteiger partial charge in [0.1, 0.15) is 21.5 Å². The number of aromatic nitrogens is 2. The van der Waals surface area contributed by atoms with E-state index in [-0.39, 0.29) is 5.60 Å². The van der Waals surface area contributed by atoms with Gasteiger partial charge in [-0.2, -0.15) is 0 Å². The minimum atomic E-state index is -1.30. The maximum Gasteiger partial charge on any atom is 0.231 e. The van der Waals surface area contributed by atoms with Crippen molar-refractivity contribution in [2.75, 3.05) is 6.54 Å². The molecular formula is C21H27N3O2S. The van der Waals surface area contributed by atoms with E-state index in [4.69, 9.17) is 4.74 Å². The Morgan fingerprint density at radius 3 is 2.70 bits per heavy atom. The number of rotatable bonds is 4. The molecule has 1 aliphatic heterocycles. The van der Waals surface area contributed by atoms with Crippen LogP contribution in [0.5, 0.6) is 5.88 Å². The van der Waals surface area contributed by atoms with E-state index in [1.54, 1.807) is 6.20 Å². The van der Waals surface area contributed by atoms with E-state index in [9.17, 15) is 4.21 Å². The van der Waals surface area contributed by atoms with Crippen molar-refractivity contribution in [3.8, 4) is 5.88 Å². The van der Waals surface area contributed by atoms with Crippen LogP contribution in [0.4, 0.5) is 0 Å². The molecule has 1 fully saturated rings. The molecule has 5 nitrogen and oxygen atoms in total. The molecule has 6 heteroatoms. The summed E-state index contributed by atoms with van der Waals surface area (Å²) < 4.78 is 21.6. The third-order valence-electron chi connectivity index (χ3n) is 5.20. The summed E-state index contributed by atoms with van der Waals surface area (Å²) in [7, 11) is -1.30. The van der Waals surface area contributed by atoms with E-state index in [0.29, 0.717) is 29.8 Å². The molecule has 4 rings (SSSR count). The monoisotopic (exact) mass is 385 g/mol. The molecule has 1 spiro atoms. The third-order valence-corrected chi connectivity index (χ3v) is 6.60. The molecule has 2 aromatic heterocycles. The minimum Gasteiger partial charge on any atom is -0.469 e. The number of ether oxygens (including phenoxy) is 1. The van der Waals surface area contributed by atoms with Gasteiger partial charge >= 0.3 is 0 Å². The van der Waals surface area contributed by atoms with E-state index in [1.807, 2.05) is 30.4 Å². The second-order valence-corrected chi connectivity index (χ2v) is 9.79. The van der Waals surface area contributed by atoms with E-state index in [0.717, 1.165) is 36.1 Å². The first-order valence-corrected chi connectivity index (χ1v) is 10.7. The highest BCUT2D eigenvalue weighted by molar-refractivity contribution is 7.82. The molecule has 0 aromatic carbocycles. The van der Waals surface area contributed by atoms with Gasteiger partial charge in [-0.25, -0.2) is 13.5 Å². The van der Waals surface area contributed by atoms with Gasteiger partial charge < -0.3 is 4.74 Å². The van der Waals surface area contributed by atoms with Crippen molar-refractivity contribution in [1.29, 1.82) is 0 Å². The highest BCUT2D eigenvalue weighted by atomic mass is 32.2. The van der Waals surface area contributed by atoms with Crippen molar-refractivity contribution in [3.63, 3.8) is 0 Å². The van der Waals surface area contributed by atoms with E-state index in [1.165, 1.54) is 5.56 Å². The first-order valence-electron chi connectivity index (χ1n) is 9.62. The molecule has 3 heterocycles. The largest absolute Gasteiger partial charge is 0.469 e. The zero-order valence-electron chi connectivity index (χ0n) is 16.5. The zero-order valence-corrected chi connectivity index (χ0v) is 17.3. The van der Waals surface area contributed by atoms with Crippen LogP contribution < -0.4 is 4.74 Å². The van der Waals surface area contributed by atoms with Gasteiger partial charge in [0.05, 0.1) is 6.54 Å². The molecule has 1 saturated carbocycles. The van der Waals surface area contributed by atoms with Gasteiger partial charge in [-0.3, -0.25) is 4.98 Å². The summed E-state index contributed by atoms with van der Waals surface area (Å²) in [6.07, 6.45) is 6.72. The summed E-state index contributed by atoms with van der Waals surface area (Å²) in [6, 6.07) is 4.16. The minimum absolute atomic E-state index is 0.236. The Labute approximate surface area is 163 Å². The smallest absolute Gasteiger partial charge is 0.231 e. The average Bonchev–Trinajstić information content (AvgIpc) is 3.38. The van der Waals surface area contributed by atoms with Crippen molar-refractivity contribution in [1.82, 2.24) is 14.3 Å². The Morgan fingerprint density at radius 1 is 1.22 bits per heavy atom. The topological polar surface area (TPSA) is 55.3 Å². The average molecular weight is 386 g/mol. The van der Waals surface area contributed by atoms with Gasteiger partial charge in [-0.05, 0) is 61.8 Å². The highest BCUT2D eigenvalue weighted by Crippen LogP contribution is 2.45. The second-order valence-electron chi connectivity index (χ2n) is 8.33. The summed E-state index contributed by atoms with van der Waals surface area (Å²) in [4.78, 5) is 9.69. The molecule has 2 aliphatic rings. The molecular weight excluding hydrogens is 358 g/mol. The van der Waals surface area contributed by atoms with Crippen molar-refractivity contribution in [2.45, 2.75) is 64.0 Å². The van der Waals surface area contributed by atoms with Crippen LogP contribution in [0.15, 0.2) is 29.4 Å². The normalized spacial score (nSPS) is 21.0. The number of pyridine rings is 2.